The third-order valence-corrected chi connectivity index (χ3v) is 3.55. The molecule has 0 unspecified atom stereocenters. The Morgan fingerprint density at radius 3 is 2.94 bits per heavy atom. The molecule has 0 radical (unpaired) electrons. The van der Waals surface area contributed by atoms with Crippen molar-refractivity contribution in [2.45, 2.75) is 25.7 Å². The maximum absolute atomic E-state index is 5.69. The molecule has 2 nitrogen and oxygen atoms in total. The summed E-state index contributed by atoms with van der Waals surface area (Å²) < 4.78 is 1.04. The van der Waals surface area contributed by atoms with Crippen LogP contribution in [0.1, 0.15) is 25.7 Å². The Bertz CT molecular complexity index is 399. The molecule has 86 valence electrons. The average Bonchev–Trinajstić information content (AvgIpc) is 2.74. The van der Waals surface area contributed by atoms with Gasteiger partial charge in [0.05, 0.1) is 0 Å². The third-order valence-electron chi connectivity index (χ3n) is 2.89. The molecule has 1 aliphatic carbocycles. The standard InChI is InChI=1S/C13H17BrN2/c14-12-9-11(15)5-6-13(12)16-8-7-10-3-1-2-4-10/h3,5-6,9,16H,1-2,4,7-8,15H2. The Kier molecular flexibility index (Phi) is 3.88. The highest BCUT2D eigenvalue weighted by atomic mass is 79.9. The highest BCUT2D eigenvalue weighted by Crippen LogP contribution is 2.25. The quantitative estimate of drug-likeness (QED) is 0.648. The molecular formula is C13H17BrN2. The van der Waals surface area contributed by atoms with E-state index >= 15 is 0 Å². The first-order chi connectivity index (χ1) is 7.75. The number of benzene rings is 1. The van der Waals surface area contributed by atoms with Gasteiger partial charge in [0, 0.05) is 22.4 Å². The lowest BCUT2D eigenvalue weighted by Crippen LogP contribution is -2.03. The molecule has 16 heavy (non-hydrogen) atoms. The fourth-order valence-corrected chi connectivity index (χ4v) is 2.53. The lowest BCUT2D eigenvalue weighted by Gasteiger charge is -2.09. The highest BCUT2D eigenvalue weighted by molar-refractivity contribution is 9.10. The van der Waals surface area contributed by atoms with Crippen LogP contribution >= 0.6 is 15.9 Å². The first kappa shape index (κ1) is 11.5. The summed E-state index contributed by atoms with van der Waals surface area (Å²) >= 11 is 3.50. The smallest absolute Gasteiger partial charge is 0.0486 e. The van der Waals surface area contributed by atoms with E-state index in [1.165, 1.54) is 19.3 Å². The predicted molar refractivity (Wildman–Crippen MR) is 73.6 cm³/mol. The Labute approximate surface area is 105 Å². The SMILES string of the molecule is Nc1ccc(NCCC2=CCCC2)c(Br)c1. The molecule has 0 saturated carbocycles. The summed E-state index contributed by atoms with van der Waals surface area (Å²) in [5, 5.41) is 3.42. The summed E-state index contributed by atoms with van der Waals surface area (Å²) in [6.07, 6.45) is 7.41. The zero-order valence-corrected chi connectivity index (χ0v) is 10.9. The van der Waals surface area contributed by atoms with Crippen molar-refractivity contribution in [2.24, 2.45) is 0 Å². The van der Waals surface area contributed by atoms with Crippen LogP contribution in [0.4, 0.5) is 11.4 Å². The van der Waals surface area contributed by atoms with Crippen molar-refractivity contribution < 1.29 is 0 Å². The lowest BCUT2D eigenvalue weighted by molar-refractivity contribution is 0.863. The largest absolute Gasteiger partial charge is 0.399 e. The van der Waals surface area contributed by atoms with Crippen molar-refractivity contribution in [2.75, 3.05) is 17.6 Å². The number of nitrogen functional groups attached to an aromatic ring is 1. The second-order valence-corrected chi connectivity index (χ2v) is 5.02. The second kappa shape index (κ2) is 5.39. The maximum Gasteiger partial charge on any atom is 0.0486 e. The molecule has 0 saturated heterocycles. The summed E-state index contributed by atoms with van der Waals surface area (Å²) in [5.74, 6) is 0. The van der Waals surface area contributed by atoms with E-state index in [0.29, 0.717) is 0 Å². The molecular weight excluding hydrogens is 264 g/mol. The number of nitrogens with one attached hydrogen (secondary N) is 1. The molecule has 0 fully saturated rings. The van der Waals surface area contributed by atoms with E-state index in [-0.39, 0.29) is 0 Å². The second-order valence-electron chi connectivity index (χ2n) is 4.17. The number of hydrogen-bond donors (Lipinski definition) is 2. The van der Waals surface area contributed by atoms with Crippen LogP contribution in [-0.4, -0.2) is 6.54 Å². The number of rotatable bonds is 4. The topological polar surface area (TPSA) is 38.0 Å². The van der Waals surface area contributed by atoms with Crippen molar-refractivity contribution in [3.63, 3.8) is 0 Å². The minimum Gasteiger partial charge on any atom is -0.399 e. The molecule has 3 N–H and O–H groups in total. The van der Waals surface area contributed by atoms with Gasteiger partial charge in [0.15, 0.2) is 0 Å². The van der Waals surface area contributed by atoms with Gasteiger partial charge in [-0.05, 0) is 59.8 Å². The maximum atomic E-state index is 5.69. The van der Waals surface area contributed by atoms with Crippen molar-refractivity contribution in [3.05, 3.63) is 34.3 Å². The van der Waals surface area contributed by atoms with Crippen LogP contribution in [0.3, 0.4) is 0 Å². The van der Waals surface area contributed by atoms with Gasteiger partial charge in [-0.2, -0.15) is 0 Å². The number of hydrogen-bond acceptors (Lipinski definition) is 2. The summed E-state index contributed by atoms with van der Waals surface area (Å²) in [5.41, 5.74) is 9.19. The van der Waals surface area contributed by atoms with Gasteiger partial charge >= 0.3 is 0 Å². The third kappa shape index (κ3) is 3.01. The van der Waals surface area contributed by atoms with Gasteiger partial charge in [-0.3, -0.25) is 0 Å². The van der Waals surface area contributed by atoms with Crippen molar-refractivity contribution >= 4 is 27.3 Å². The van der Waals surface area contributed by atoms with Gasteiger partial charge in [-0.15, -0.1) is 0 Å². The Hall–Kier alpha value is -0.960. The van der Waals surface area contributed by atoms with Gasteiger partial charge in [-0.1, -0.05) is 11.6 Å². The predicted octanol–water partition coefficient (Wildman–Crippen LogP) is 3.94. The zero-order chi connectivity index (χ0) is 11.4. The van der Waals surface area contributed by atoms with Crippen molar-refractivity contribution in [1.29, 1.82) is 0 Å². The molecule has 1 aliphatic rings. The van der Waals surface area contributed by atoms with Crippen LogP contribution in [0.2, 0.25) is 0 Å². The summed E-state index contributed by atoms with van der Waals surface area (Å²) in [6, 6.07) is 5.86. The van der Waals surface area contributed by atoms with Crippen molar-refractivity contribution in [3.8, 4) is 0 Å². The van der Waals surface area contributed by atoms with Crippen LogP contribution in [-0.2, 0) is 0 Å². The molecule has 1 aromatic carbocycles. The minimum atomic E-state index is 0.788. The van der Waals surface area contributed by atoms with Crippen LogP contribution in [0, 0.1) is 0 Å². The highest BCUT2D eigenvalue weighted by Gasteiger charge is 2.04. The summed E-state index contributed by atoms with van der Waals surface area (Å²) in [4.78, 5) is 0. The summed E-state index contributed by atoms with van der Waals surface area (Å²) in [6.45, 7) is 0.994. The fourth-order valence-electron chi connectivity index (χ4n) is 2.00. The molecule has 1 aromatic rings. The zero-order valence-electron chi connectivity index (χ0n) is 9.30. The molecule has 0 spiro atoms. The fraction of sp³-hybridized carbons (Fsp3) is 0.385. The number of anilines is 2. The van der Waals surface area contributed by atoms with E-state index in [2.05, 4.69) is 27.3 Å². The number of allylic oxidation sites excluding steroid dienone is 1. The molecule has 0 bridgehead atoms. The minimum absolute atomic E-state index is 0.788. The summed E-state index contributed by atoms with van der Waals surface area (Å²) in [7, 11) is 0. The first-order valence-electron chi connectivity index (χ1n) is 5.72. The van der Waals surface area contributed by atoms with Gasteiger partial charge < -0.3 is 11.1 Å². The molecule has 0 aromatic heterocycles. The monoisotopic (exact) mass is 280 g/mol. The van der Waals surface area contributed by atoms with Gasteiger partial charge in [0.2, 0.25) is 0 Å². The molecule has 0 amide bonds. The average molecular weight is 281 g/mol. The number of nitrogens with two attached hydrogens (primary N) is 1. The van der Waals surface area contributed by atoms with Crippen LogP contribution in [0.5, 0.6) is 0 Å². The Morgan fingerprint density at radius 2 is 2.25 bits per heavy atom. The first-order valence-corrected chi connectivity index (χ1v) is 6.52. The molecule has 0 atom stereocenters. The normalized spacial score (nSPS) is 14.9. The van der Waals surface area contributed by atoms with E-state index in [4.69, 9.17) is 5.73 Å². The van der Waals surface area contributed by atoms with Crippen LogP contribution < -0.4 is 11.1 Å². The van der Waals surface area contributed by atoms with Gasteiger partial charge in [-0.25, -0.2) is 0 Å². The number of halogens is 1. The van der Waals surface area contributed by atoms with E-state index < -0.39 is 0 Å². The molecule has 2 rings (SSSR count). The van der Waals surface area contributed by atoms with Crippen molar-refractivity contribution in [1.82, 2.24) is 0 Å². The van der Waals surface area contributed by atoms with Crippen LogP contribution in [0.25, 0.3) is 0 Å². The molecule has 0 heterocycles. The Balaban J connectivity index is 1.84. The van der Waals surface area contributed by atoms with E-state index in [1.807, 2.05) is 18.2 Å². The molecule has 0 aliphatic heterocycles. The van der Waals surface area contributed by atoms with E-state index in [1.54, 1.807) is 5.57 Å². The Morgan fingerprint density at radius 1 is 1.38 bits per heavy atom. The van der Waals surface area contributed by atoms with Gasteiger partial charge in [0.1, 0.15) is 0 Å². The van der Waals surface area contributed by atoms with Gasteiger partial charge in [0.25, 0.3) is 0 Å². The lowest BCUT2D eigenvalue weighted by atomic mass is 10.1. The van der Waals surface area contributed by atoms with E-state index in [9.17, 15) is 0 Å². The van der Waals surface area contributed by atoms with E-state index in [0.717, 1.165) is 28.8 Å². The molecule has 3 heteroatoms. The van der Waals surface area contributed by atoms with Crippen LogP contribution in [0.15, 0.2) is 34.3 Å².